The Bertz CT molecular complexity index is 1280. The van der Waals surface area contributed by atoms with E-state index in [1.807, 2.05) is 30.3 Å². The maximum absolute atomic E-state index is 12.5. The molecule has 8 nitrogen and oxygen atoms in total. The topological polar surface area (TPSA) is 96.0 Å². The Morgan fingerprint density at radius 2 is 2.03 bits per heavy atom. The highest BCUT2D eigenvalue weighted by Gasteiger charge is 2.27. The van der Waals surface area contributed by atoms with Gasteiger partial charge in [0.25, 0.3) is 0 Å². The highest BCUT2D eigenvalue weighted by Crippen LogP contribution is 2.33. The molecule has 2 aromatic carbocycles. The average Bonchev–Trinajstić information content (AvgIpc) is 3.48. The number of carbonyl (C=O) groups is 1. The number of rotatable bonds is 6. The van der Waals surface area contributed by atoms with E-state index in [0.717, 1.165) is 45.8 Å². The van der Waals surface area contributed by atoms with Gasteiger partial charge in [-0.3, -0.25) is 5.10 Å². The number of nitrogens with one attached hydrogen (secondary N) is 2. The quantitative estimate of drug-likeness (QED) is 0.365. The second kappa shape index (κ2) is 9.99. The number of anilines is 1. The van der Waals surface area contributed by atoms with Gasteiger partial charge in [-0.15, -0.1) is 16.4 Å². The standard InChI is InChI=1S/C24H25ClN6O2S/c1-15-22(13-26-19-6-7-20-21(12-19)29-30-28-20)34-23(27-15)17-8-10-31(11-9-17)24(32)33-14-16-2-4-18(25)5-3-16/h2-7,12,17,26H,8-11,13-14H2,1H3,(H,28,29,30). The molecule has 1 fully saturated rings. The van der Waals surface area contributed by atoms with Gasteiger partial charge in [0.2, 0.25) is 0 Å². The molecule has 0 atom stereocenters. The van der Waals surface area contributed by atoms with E-state index in [-0.39, 0.29) is 12.7 Å². The summed E-state index contributed by atoms with van der Waals surface area (Å²) < 4.78 is 5.48. The normalized spacial score (nSPS) is 14.5. The van der Waals surface area contributed by atoms with Crippen molar-refractivity contribution in [3.63, 3.8) is 0 Å². The molecule has 0 saturated carbocycles. The Balaban J connectivity index is 1.12. The molecular formula is C24H25ClN6O2S. The number of benzene rings is 2. The van der Waals surface area contributed by atoms with Crippen LogP contribution < -0.4 is 5.32 Å². The molecule has 1 saturated heterocycles. The lowest BCUT2D eigenvalue weighted by Crippen LogP contribution is -2.38. The molecule has 0 radical (unpaired) electrons. The molecule has 3 heterocycles. The summed E-state index contributed by atoms with van der Waals surface area (Å²) in [6, 6.07) is 13.3. The van der Waals surface area contributed by atoms with E-state index >= 15 is 0 Å². The van der Waals surface area contributed by atoms with E-state index in [0.29, 0.717) is 30.6 Å². The molecule has 176 valence electrons. The third-order valence-corrected chi connectivity index (χ3v) is 7.64. The largest absolute Gasteiger partial charge is 0.445 e. The molecule has 10 heteroatoms. The van der Waals surface area contributed by atoms with Gasteiger partial charge in [0.1, 0.15) is 12.1 Å². The fourth-order valence-corrected chi connectivity index (χ4v) is 5.35. The Hall–Kier alpha value is -3.17. The SMILES string of the molecule is Cc1nc(C2CCN(C(=O)OCc3ccc(Cl)cc3)CC2)sc1CNc1ccc2[nH]nnc2c1. The third-order valence-electron chi connectivity index (χ3n) is 6.07. The smallest absolute Gasteiger partial charge is 0.410 e. The number of ether oxygens (including phenoxy) is 1. The lowest BCUT2D eigenvalue weighted by molar-refractivity contribution is 0.0870. The number of aryl methyl sites for hydroxylation is 1. The van der Waals surface area contributed by atoms with Crippen LogP contribution in [0.25, 0.3) is 11.0 Å². The van der Waals surface area contributed by atoms with Crippen LogP contribution in [0.3, 0.4) is 0 Å². The predicted molar refractivity (Wildman–Crippen MR) is 133 cm³/mol. The summed E-state index contributed by atoms with van der Waals surface area (Å²) in [6.07, 6.45) is 1.51. The summed E-state index contributed by atoms with van der Waals surface area (Å²) in [7, 11) is 0. The van der Waals surface area contributed by atoms with Crippen molar-refractivity contribution in [2.75, 3.05) is 18.4 Å². The number of hydrogen-bond donors (Lipinski definition) is 2. The Labute approximate surface area is 206 Å². The van der Waals surface area contributed by atoms with Crippen molar-refractivity contribution < 1.29 is 9.53 Å². The van der Waals surface area contributed by atoms with Crippen LogP contribution in [0.2, 0.25) is 5.02 Å². The molecule has 34 heavy (non-hydrogen) atoms. The van der Waals surface area contributed by atoms with E-state index in [1.165, 1.54) is 4.88 Å². The van der Waals surface area contributed by atoms with Crippen LogP contribution in [-0.4, -0.2) is 44.5 Å². The molecule has 2 N–H and O–H groups in total. The molecule has 4 aromatic rings. The highest BCUT2D eigenvalue weighted by atomic mass is 35.5. The van der Waals surface area contributed by atoms with E-state index < -0.39 is 0 Å². The minimum Gasteiger partial charge on any atom is -0.445 e. The summed E-state index contributed by atoms with van der Waals surface area (Å²) in [6.45, 7) is 4.37. The van der Waals surface area contributed by atoms with Gasteiger partial charge in [0.05, 0.1) is 22.8 Å². The average molecular weight is 497 g/mol. The first kappa shape index (κ1) is 22.6. The fraction of sp³-hybridized carbons (Fsp3) is 0.333. The number of likely N-dealkylation sites (tertiary alicyclic amines) is 1. The molecule has 0 aliphatic carbocycles. The number of amides is 1. The first-order valence-electron chi connectivity index (χ1n) is 11.2. The van der Waals surface area contributed by atoms with Crippen molar-refractivity contribution in [1.82, 2.24) is 25.3 Å². The monoisotopic (exact) mass is 496 g/mol. The van der Waals surface area contributed by atoms with Crippen LogP contribution in [0, 0.1) is 6.92 Å². The predicted octanol–water partition coefficient (Wildman–Crippen LogP) is 5.50. The van der Waals surface area contributed by atoms with Crippen LogP contribution in [0.15, 0.2) is 42.5 Å². The summed E-state index contributed by atoms with van der Waals surface area (Å²) >= 11 is 7.66. The van der Waals surface area contributed by atoms with Crippen LogP contribution in [0.4, 0.5) is 10.5 Å². The number of piperidine rings is 1. The second-order valence-electron chi connectivity index (χ2n) is 8.40. The Morgan fingerprint density at radius 3 is 2.82 bits per heavy atom. The number of aromatic nitrogens is 4. The number of H-pyrrole nitrogens is 1. The van der Waals surface area contributed by atoms with Gasteiger partial charge in [-0.2, -0.15) is 0 Å². The number of carbonyl (C=O) groups excluding carboxylic acids is 1. The van der Waals surface area contributed by atoms with E-state index in [2.05, 4.69) is 27.7 Å². The first-order chi connectivity index (χ1) is 16.5. The molecule has 5 rings (SSSR count). The zero-order valence-corrected chi connectivity index (χ0v) is 20.3. The summed E-state index contributed by atoms with van der Waals surface area (Å²) in [5.74, 6) is 0.365. The maximum Gasteiger partial charge on any atom is 0.410 e. The molecule has 2 aromatic heterocycles. The number of aromatic amines is 1. The molecule has 1 aliphatic rings. The first-order valence-corrected chi connectivity index (χ1v) is 12.4. The van der Waals surface area contributed by atoms with Crippen LogP contribution >= 0.6 is 22.9 Å². The lowest BCUT2D eigenvalue weighted by atomic mass is 9.98. The van der Waals surface area contributed by atoms with Crippen molar-refractivity contribution in [2.24, 2.45) is 0 Å². The van der Waals surface area contributed by atoms with Crippen LogP contribution in [0.1, 0.15) is 39.9 Å². The van der Waals surface area contributed by atoms with Gasteiger partial charge in [-0.05, 0) is 55.7 Å². The Kier molecular flexibility index (Phi) is 6.64. The van der Waals surface area contributed by atoms with Gasteiger partial charge in [-0.1, -0.05) is 28.9 Å². The molecular weight excluding hydrogens is 472 g/mol. The summed E-state index contributed by atoms with van der Waals surface area (Å²) in [5, 5.41) is 16.0. The number of nitrogens with zero attached hydrogens (tertiary/aromatic N) is 4. The maximum atomic E-state index is 12.5. The lowest BCUT2D eigenvalue weighted by Gasteiger charge is -2.30. The van der Waals surface area contributed by atoms with Crippen molar-refractivity contribution in [3.05, 3.63) is 68.6 Å². The second-order valence-corrected chi connectivity index (χ2v) is 9.95. The summed E-state index contributed by atoms with van der Waals surface area (Å²) in [5.41, 5.74) is 4.74. The Morgan fingerprint density at radius 1 is 1.24 bits per heavy atom. The minimum absolute atomic E-state index is 0.252. The minimum atomic E-state index is -0.266. The number of fused-ring (bicyclic) bond motifs is 1. The van der Waals surface area contributed by atoms with Gasteiger partial charge < -0.3 is 15.0 Å². The van der Waals surface area contributed by atoms with Crippen molar-refractivity contribution in [2.45, 2.75) is 38.8 Å². The van der Waals surface area contributed by atoms with Gasteiger partial charge in [0.15, 0.2) is 0 Å². The molecule has 0 bridgehead atoms. The van der Waals surface area contributed by atoms with E-state index in [1.54, 1.807) is 28.4 Å². The molecule has 0 spiro atoms. The van der Waals surface area contributed by atoms with Crippen LogP contribution in [-0.2, 0) is 17.9 Å². The fourth-order valence-electron chi connectivity index (χ4n) is 4.05. The van der Waals surface area contributed by atoms with Crippen LogP contribution in [0.5, 0.6) is 0 Å². The zero-order chi connectivity index (χ0) is 23.5. The highest BCUT2D eigenvalue weighted by molar-refractivity contribution is 7.11. The molecule has 0 unspecified atom stereocenters. The van der Waals surface area contributed by atoms with Crippen molar-refractivity contribution in [3.8, 4) is 0 Å². The summed E-state index contributed by atoms with van der Waals surface area (Å²) in [4.78, 5) is 20.3. The molecule has 1 aliphatic heterocycles. The zero-order valence-electron chi connectivity index (χ0n) is 18.8. The number of thiazole rings is 1. The van der Waals surface area contributed by atoms with E-state index in [4.69, 9.17) is 21.3 Å². The number of hydrogen-bond acceptors (Lipinski definition) is 7. The third kappa shape index (κ3) is 5.15. The van der Waals surface area contributed by atoms with Crippen molar-refractivity contribution in [1.29, 1.82) is 0 Å². The number of halogens is 1. The van der Waals surface area contributed by atoms with Crippen molar-refractivity contribution >= 4 is 45.8 Å². The van der Waals surface area contributed by atoms with Gasteiger partial charge >= 0.3 is 6.09 Å². The van der Waals surface area contributed by atoms with Gasteiger partial charge in [-0.25, -0.2) is 9.78 Å². The van der Waals surface area contributed by atoms with E-state index in [9.17, 15) is 4.79 Å². The molecule has 1 amide bonds. The van der Waals surface area contributed by atoms with Gasteiger partial charge in [0, 0.05) is 34.6 Å².